The Morgan fingerprint density at radius 3 is 3.00 bits per heavy atom. The van der Waals surface area contributed by atoms with Gasteiger partial charge in [-0.15, -0.1) is 0 Å². The number of hydrogen-bond acceptors (Lipinski definition) is 4. The summed E-state index contributed by atoms with van der Waals surface area (Å²) < 4.78 is 5.26. The summed E-state index contributed by atoms with van der Waals surface area (Å²) in [4.78, 5) is 16.6. The number of ether oxygens (including phenoxy) is 1. The summed E-state index contributed by atoms with van der Waals surface area (Å²) in [5.74, 6) is -0.996. The van der Waals surface area contributed by atoms with Gasteiger partial charge in [-0.25, -0.2) is 9.78 Å². The topological polar surface area (TPSA) is 62.7 Å². The van der Waals surface area contributed by atoms with E-state index in [0.29, 0.717) is 19.8 Å². The molecular weight excluding hydrogens is 220 g/mol. The van der Waals surface area contributed by atoms with E-state index in [2.05, 4.69) is 9.88 Å². The Morgan fingerprint density at radius 1 is 1.59 bits per heavy atom. The summed E-state index contributed by atoms with van der Waals surface area (Å²) in [5, 5.41) is 8.82. The van der Waals surface area contributed by atoms with E-state index in [4.69, 9.17) is 9.84 Å². The zero-order valence-electron chi connectivity index (χ0n) is 10.2. The molecular formula is C12H18N2O3. The summed E-state index contributed by atoms with van der Waals surface area (Å²) in [5.41, 5.74) is 1.03. The van der Waals surface area contributed by atoms with Crippen LogP contribution in [-0.2, 0) is 11.3 Å². The van der Waals surface area contributed by atoms with Gasteiger partial charge in [0.1, 0.15) is 5.69 Å². The van der Waals surface area contributed by atoms with Crippen molar-refractivity contribution in [3.8, 4) is 0 Å². The van der Waals surface area contributed by atoms with Crippen LogP contribution in [-0.4, -0.2) is 47.8 Å². The Morgan fingerprint density at radius 2 is 2.35 bits per heavy atom. The van der Waals surface area contributed by atoms with Gasteiger partial charge in [0.2, 0.25) is 0 Å². The molecule has 0 saturated carbocycles. The average molecular weight is 238 g/mol. The third kappa shape index (κ3) is 4.93. The van der Waals surface area contributed by atoms with E-state index < -0.39 is 5.97 Å². The van der Waals surface area contributed by atoms with Crippen LogP contribution >= 0.6 is 0 Å². The maximum atomic E-state index is 10.8. The zero-order valence-corrected chi connectivity index (χ0v) is 10.2. The third-order valence-electron chi connectivity index (χ3n) is 2.32. The summed E-state index contributed by atoms with van der Waals surface area (Å²) in [7, 11) is 1.97. The van der Waals surface area contributed by atoms with E-state index in [0.717, 1.165) is 12.1 Å². The lowest BCUT2D eigenvalue weighted by Gasteiger charge is -2.16. The number of aromatic carboxylic acids is 1. The molecule has 0 fully saturated rings. The van der Waals surface area contributed by atoms with Crippen molar-refractivity contribution in [3.63, 3.8) is 0 Å². The Bertz CT molecular complexity index is 369. The second-order valence-corrected chi connectivity index (χ2v) is 3.79. The zero-order chi connectivity index (χ0) is 12.7. The standard InChI is InChI=1S/C12H18N2O3/c1-3-17-7-6-14(2)9-10-4-5-13-11(8-10)12(15)16/h4-5,8H,3,6-7,9H2,1-2H3,(H,15,16). The van der Waals surface area contributed by atoms with Gasteiger partial charge in [0.25, 0.3) is 0 Å². The maximum Gasteiger partial charge on any atom is 0.354 e. The quantitative estimate of drug-likeness (QED) is 0.724. The van der Waals surface area contributed by atoms with Crippen LogP contribution in [0.2, 0.25) is 0 Å². The molecule has 1 aromatic heterocycles. The SMILES string of the molecule is CCOCCN(C)Cc1ccnc(C(=O)O)c1. The largest absolute Gasteiger partial charge is 0.477 e. The molecule has 0 aliphatic rings. The fourth-order valence-electron chi connectivity index (χ4n) is 1.45. The number of carbonyl (C=O) groups is 1. The number of rotatable bonds is 7. The van der Waals surface area contributed by atoms with Gasteiger partial charge in [-0.2, -0.15) is 0 Å². The van der Waals surface area contributed by atoms with Crippen LogP contribution < -0.4 is 0 Å². The van der Waals surface area contributed by atoms with Gasteiger partial charge in [0.15, 0.2) is 0 Å². The molecule has 0 aliphatic heterocycles. The number of nitrogens with zero attached hydrogens (tertiary/aromatic N) is 2. The second kappa shape index (κ2) is 6.98. The van der Waals surface area contributed by atoms with Gasteiger partial charge in [-0.05, 0) is 31.7 Å². The summed E-state index contributed by atoms with van der Waals surface area (Å²) in [6.45, 7) is 4.87. The molecule has 0 aromatic carbocycles. The molecule has 0 spiro atoms. The predicted octanol–water partition coefficient (Wildman–Crippen LogP) is 1.25. The molecule has 1 heterocycles. The normalized spacial score (nSPS) is 10.8. The van der Waals surface area contributed by atoms with Gasteiger partial charge in [-0.3, -0.25) is 4.90 Å². The molecule has 0 aliphatic carbocycles. The number of aromatic nitrogens is 1. The number of carboxylic acids is 1. The molecule has 0 amide bonds. The van der Waals surface area contributed by atoms with Crippen LogP contribution in [0.15, 0.2) is 18.3 Å². The lowest BCUT2D eigenvalue weighted by molar-refractivity contribution is 0.0690. The number of carboxylic acid groups (broad SMARTS) is 1. The Balaban J connectivity index is 2.50. The minimum atomic E-state index is -0.996. The molecule has 0 radical (unpaired) electrons. The van der Waals surface area contributed by atoms with Crippen molar-refractivity contribution in [2.24, 2.45) is 0 Å². The van der Waals surface area contributed by atoms with Gasteiger partial charge >= 0.3 is 5.97 Å². The first-order chi connectivity index (χ1) is 8.13. The molecule has 1 aromatic rings. The molecule has 0 saturated heterocycles. The molecule has 94 valence electrons. The van der Waals surface area contributed by atoms with Gasteiger partial charge < -0.3 is 9.84 Å². The van der Waals surface area contributed by atoms with E-state index in [1.165, 1.54) is 6.20 Å². The van der Waals surface area contributed by atoms with Crippen molar-refractivity contribution in [3.05, 3.63) is 29.6 Å². The van der Waals surface area contributed by atoms with Crippen LogP contribution in [0.3, 0.4) is 0 Å². The van der Waals surface area contributed by atoms with Crippen molar-refractivity contribution in [2.45, 2.75) is 13.5 Å². The average Bonchev–Trinajstić information content (AvgIpc) is 2.29. The Labute approximate surface area is 101 Å². The highest BCUT2D eigenvalue weighted by atomic mass is 16.5. The fourth-order valence-corrected chi connectivity index (χ4v) is 1.45. The monoisotopic (exact) mass is 238 g/mol. The van der Waals surface area contributed by atoms with Crippen LogP contribution in [0.4, 0.5) is 0 Å². The summed E-state index contributed by atoms with van der Waals surface area (Å²) in [6, 6.07) is 3.42. The first-order valence-electron chi connectivity index (χ1n) is 5.58. The first kappa shape index (κ1) is 13.6. The molecule has 0 atom stereocenters. The smallest absolute Gasteiger partial charge is 0.354 e. The highest BCUT2D eigenvalue weighted by molar-refractivity contribution is 5.85. The minimum absolute atomic E-state index is 0.0840. The summed E-state index contributed by atoms with van der Waals surface area (Å²) in [6.07, 6.45) is 1.52. The van der Waals surface area contributed by atoms with Crippen molar-refractivity contribution < 1.29 is 14.6 Å². The van der Waals surface area contributed by atoms with Crippen LogP contribution in [0, 0.1) is 0 Å². The van der Waals surface area contributed by atoms with Crippen molar-refractivity contribution in [1.82, 2.24) is 9.88 Å². The van der Waals surface area contributed by atoms with Gasteiger partial charge in [0.05, 0.1) is 6.61 Å². The van der Waals surface area contributed by atoms with Crippen molar-refractivity contribution >= 4 is 5.97 Å². The fraction of sp³-hybridized carbons (Fsp3) is 0.500. The molecule has 0 unspecified atom stereocenters. The van der Waals surface area contributed by atoms with Crippen molar-refractivity contribution in [1.29, 1.82) is 0 Å². The predicted molar refractivity (Wildman–Crippen MR) is 64.0 cm³/mol. The molecule has 5 nitrogen and oxygen atoms in total. The van der Waals surface area contributed by atoms with Crippen LogP contribution in [0.1, 0.15) is 23.0 Å². The highest BCUT2D eigenvalue weighted by Gasteiger charge is 2.06. The minimum Gasteiger partial charge on any atom is -0.477 e. The van der Waals surface area contributed by atoms with Crippen molar-refractivity contribution in [2.75, 3.05) is 26.8 Å². The molecule has 1 N–H and O–H groups in total. The Kier molecular flexibility index (Phi) is 5.59. The lowest BCUT2D eigenvalue weighted by Crippen LogP contribution is -2.23. The third-order valence-corrected chi connectivity index (χ3v) is 2.32. The molecule has 1 rings (SSSR count). The Hall–Kier alpha value is -1.46. The van der Waals surface area contributed by atoms with Gasteiger partial charge in [0, 0.05) is 25.9 Å². The van der Waals surface area contributed by atoms with E-state index in [1.54, 1.807) is 6.07 Å². The van der Waals surface area contributed by atoms with E-state index >= 15 is 0 Å². The summed E-state index contributed by atoms with van der Waals surface area (Å²) >= 11 is 0. The second-order valence-electron chi connectivity index (χ2n) is 3.79. The van der Waals surface area contributed by atoms with E-state index in [-0.39, 0.29) is 5.69 Å². The molecule has 5 heteroatoms. The lowest BCUT2D eigenvalue weighted by atomic mass is 10.2. The molecule has 0 bridgehead atoms. The first-order valence-corrected chi connectivity index (χ1v) is 5.58. The van der Waals surface area contributed by atoms with E-state index in [9.17, 15) is 4.79 Å². The van der Waals surface area contributed by atoms with E-state index in [1.807, 2.05) is 20.0 Å². The van der Waals surface area contributed by atoms with Gasteiger partial charge in [-0.1, -0.05) is 0 Å². The van der Waals surface area contributed by atoms with Crippen LogP contribution in [0.25, 0.3) is 0 Å². The maximum absolute atomic E-state index is 10.8. The highest BCUT2D eigenvalue weighted by Crippen LogP contribution is 2.05. The molecule has 17 heavy (non-hydrogen) atoms. The number of hydrogen-bond donors (Lipinski definition) is 1. The van der Waals surface area contributed by atoms with Crippen LogP contribution in [0.5, 0.6) is 0 Å². The number of likely N-dealkylation sites (N-methyl/N-ethyl adjacent to an activating group) is 1. The number of pyridine rings is 1.